The van der Waals surface area contributed by atoms with Crippen molar-refractivity contribution >= 4 is 24.0 Å². The van der Waals surface area contributed by atoms with Crippen LogP contribution in [0.2, 0.25) is 0 Å². The van der Waals surface area contributed by atoms with Gasteiger partial charge in [-0.3, -0.25) is 9.48 Å². The molecule has 68 valence electrons. The molecule has 4 N–H and O–H groups in total. The minimum Gasteiger partial charge on any atom is -0.395 e. The maximum Gasteiger partial charge on any atom is 0.269 e. The van der Waals surface area contributed by atoms with E-state index in [0.717, 1.165) is 0 Å². The molecule has 0 aliphatic carbocycles. The van der Waals surface area contributed by atoms with Crippen LogP contribution in [0.3, 0.4) is 0 Å². The third-order valence-corrected chi connectivity index (χ3v) is 1.50. The highest BCUT2D eigenvalue weighted by Crippen LogP contribution is 2.13. The first-order valence-electron chi connectivity index (χ1n) is 3.13. The zero-order chi connectivity index (χ0) is 8.59. The zero-order valence-corrected chi connectivity index (χ0v) is 7.68. The van der Waals surface area contributed by atoms with Crippen molar-refractivity contribution in [1.29, 1.82) is 0 Å². The maximum atomic E-state index is 10.7. The Morgan fingerprint density at radius 3 is 2.25 bits per heavy atom. The van der Waals surface area contributed by atoms with E-state index in [4.69, 9.17) is 11.5 Å². The number of aromatic nitrogens is 2. The van der Waals surface area contributed by atoms with Crippen LogP contribution in [0.4, 0.5) is 5.69 Å². The Bertz CT molecular complexity index is 307. The first-order valence-corrected chi connectivity index (χ1v) is 3.13. The third kappa shape index (κ3) is 1.50. The first kappa shape index (κ1) is 10.8. The van der Waals surface area contributed by atoms with Crippen LogP contribution in [0.15, 0.2) is 0 Å². The number of amides is 1. The summed E-state index contributed by atoms with van der Waals surface area (Å²) in [6, 6.07) is 0. The predicted octanol–water partition coefficient (Wildman–Crippen LogP) is -0.169. The average Bonchev–Trinajstić information content (AvgIpc) is 2.07. The molecule has 0 aromatic carbocycles. The average molecular weight is 191 g/mol. The fourth-order valence-electron chi connectivity index (χ4n) is 0.967. The van der Waals surface area contributed by atoms with Crippen LogP contribution in [0, 0.1) is 6.92 Å². The summed E-state index contributed by atoms with van der Waals surface area (Å²) in [6.45, 7) is 1.72. The number of hydrogen-bond acceptors (Lipinski definition) is 3. The van der Waals surface area contributed by atoms with E-state index >= 15 is 0 Å². The molecule has 0 aliphatic heterocycles. The number of hydrogen-bond donors (Lipinski definition) is 2. The molecule has 1 heterocycles. The van der Waals surface area contributed by atoms with Gasteiger partial charge in [-0.05, 0) is 6.92 Å². The molecule has 0 aliphatic rings. The molecule has 0 bridgehead atoms. The van der Waals surface area contributed by atoms with Gasteiger partial charge in [0.25, 0.3) is 5.91 Å². The van der Waals surface area contributed by atoms with Crippen molar-refractivity contribution in [2.45, 2.75) is 6.92 Å². The van der Waals surface area contributed by atoms with Gasteiger partial charge in [0.2, 0.25) is 0 Å². The van der Waals surface area contributed by atoms with E-state index < -0.39 is 5.91 Å². The number of rotatable bonds is 1. The SMILES string of the molecule is Cc1nn(C)c(C(N)=O)c1N.Cl. The number of nitrogens with zero attached hydrogens (tertiary/aromatic N) is 2. The topological polar surface area (TPSA) is 86.9 Å². The van der Waals surface area contributed by atoms with Gasteiger partial charge in [0, 0.05) is 7.05 Å². The van der Waals surface area contributed by atoms with Crippen molar-refractivity contribution in [1.82, 2.24) is 9.78 Å². The fraction of sp³-hybridized carbons (Fsp3) is 0.333. The van der Waals surface area contributed by atoms with Gasteiger partial charge in [-0.1, -0.05) is 0 Å². The van der Waals surface area contributed by atoms with E-state index in [1.165, 1.54) is 4.68 Å². The van der Waals surface area contributed by atoms with Gasteiger partial charge in [-0.2, -0.15) is 5.10 Å². The lowest BCUT2D eigenvalue weighted by Crippen LogP contribution is -2.17. The smallest absolute Gasteiger partial charge is 0.269 e. The van der Waals surface area contributed by atoms with Gasteiger partial charge in [0.05, 0.1) is 11.4 Å². The zero-order valence-electron chi connectivity index (χ0n) is 6.87. The minimum absolute atomic E-state index is 0. The van der Waals surface area contributed by atoms with Crippen LogP contribution in [0.5, 0.6) is 0 Å². The Labute approximate surface area is 76.1 Å². The summed E-state index contributed by atoms with van der Waals surface area (Å²) in [5.74, 6) is -0.550. The van der Waals surface area contributed by atoms with Gasteiger partial charge in [0.15, 0.2) is 0 Å². The quantitative estimate of drug-likeness (QED) is 0.645. The van der Waals surface area contributed by atoms with Crippen molar-refractivity contribution in [2.75, 3.05) is 5.73 Å². The summed E-state index contributed by atoms with van der Waals surface area (Å²) in [6.07, 6.45) is 0. The first-order chi connectivity index (χ1) is 5.04. The second-order valence-corrected chi connectivity index (χ2v) is 2.34. The van der Waals surface area contributed by atoms with Crippen molar-refractivity contribution < 1.29 is 4.79 Å². The molecule has 12 heavy (non-hydrogen) atoms. The van der Waals surface area contributed by atoms with Gasteiger partial charge in [-0.25, -0.2) is 0 Å². The normalized spacial score (nSPS) is 9.17. The van der Waals surface area contributed by atoms with Crippen LogP contribution in [0.25, 0.3) is 0 Å². The molecule has 0 spiro atoms. The minimum atomic E-state index is -0.550. The molecule has 0 radical (unpaired) electrons. The molecule has 6 heteroatoms. The summed E-state index contributed by atoms with van der Waals surface area (Å²) >= 11 is 0. The fourth-order valence-corrected chi connectivity index (χ4v) is 0.967. The molecule has 0 unspecified atom stereocenters. The molecule has 0 fully saturated rings. The van der Waals surface area contributed by atoms with Crippen LogP contribution in [-0.2, 0) is 7.05 Å². The Balaban J connectivity index is 0.00000121. The van der Waals surface area contributed by atoms with Gasteiger partial charge in [-0.15, -0.1) is 12.4 Å². The van der Waals surface area contributed by atoms with Crippen LogP contribution >= 0.6 is 12.4 Å². The van der Waals surface area contributed by atoms with E-state index in [-0.39, 0.29) is 18.1 Å². The Hall–Kier alpha value is -1.23. The van der Waals surface area contributed by atoms with Gasteiger partial charge >= 0.3 is 0 Å². The van der Waals surface area contributed by atoms with Crippen LogP contribution in [-0.4, -0.2) is 15.7 Å². The molecule has 0 saturated carbocycles. The van der Waals surface area contributed by atoms with E-state index in [2.05, 4.69) is 5.10 Å². The molecular formula is C6H11ClN4O. The molecule has 0 saturated heterocycles. The molecule has 0 atom stereocenters. The van der Waals surface area contributed by atoms with Crippen LogP contribution in [0.1, 0.15) is 16.2 Å². The number of halogens is 1. The number of carbonyl (C=O) groups is 1. The van der Waals surface area contributed by atoms with E-state index in [9.17, 15) is 4.79 Å². The number of carbonyl (C=O) groups excluding carboxylic acids is 1. The summed E-state index contributed by atoms with van der Waals surface area (Å²) in [5, 5.41) is 3.92. The Morgan fingerprint density at radius 2 is 2.08 bits per heavy atom. The third-order valence-electron chi connectivity index (χ3n) is 1.50. The van der Waals surface area contributed by atoms with E-state index in [0.29, 0.717) is 11.4 Å². The number of nitrogens with two attached hydrogens (primary N) is 2. The summed E-state index contributed by atoms with van der Waals surface area (Å²) in [4.78, 5) is 10.7. The molecule has 1 aromatic rings. The predicted molar refractivity (Wildman–Crippen MR) is 48.1 cm³/mol. The molecule has 1 aromatic heterocycles. The maximum absolute atomic E-state index is 10.7. The highest BCUT2D eigenvalue weighted by molar-refractivity contribution is 5.96. The standard InChI is InChI=1S/C6H10N4O.ClH/c1-3-4(7)5(6(8)11)10(2)9-3;/h7H2,1-2H3,(H2,8,11);1H. The highest BCUT2D eigenvalue weighted by Gasteiger charge is 2.13. The number of primary amides is 1. The van der Waals surface area contributed by atoms with Crippen LogP contribution < -0.4 is 11.5 Å². The lowest BCUT2D eigenvalue weighted by Gasteiger charge is -1.95. The lowest BCUT2D eigenvalue weighted by molar-refractivity contribution is 0.0992. The second kappa shape index (κ2) is 3.44. The lowest BCUT2D eigenvalue weighted by atomic mass is 10.3. The largest absolute Gasteiger partial charge is 0.395 e. The highest BCUT2D eigenvalue weighted by atomic mass is 35.5. The van der Waals surface area contributed by atoms with E-state index in [1.54, 1.807) is 14.0 Å². The van der Waals surface area contributed by atoms with Crippen molar-refractivity contribution in [3.8, 4) is 0 Å². The van der Waals surface area contributed by atoms with Crippen molar-refractivity contribution in [3.05, 3.63) is 11.4 Å². The number of aryl methyl sites for hydroxylation is 2. The molecular weight excluding hydrogens is 180 g/mol. The second-order valence-electron chi connectivity index (χ2n) is 2.34. The molecule has 5 nitrogen and oxygen atoms in total. The summed E-state index contributed by atoms with van der Waals surface area (Å²) in [7, 11) is 1.63. The van der Waals surface area contributed by atoms with Crippen molar-refractivity contribution in [3.63, 3.8) is 0 Å². The number of nitrogen functional groups attached to an aromatic ring is 1. The molecule has 1 amide bonds. The number of anilines is 1. The molecule has 1 rings (SSSR count). The van der Waals surface area contributed by atoms with E-state index in [1.807, 2.05) is 0 Å². The van der Waals surface area contributed by atoms with Gasteiger partial charge in [0.1, 0.15) is 5.69 Å². The Kier molecular flexibility index (Phi) is 3.09. The van der Waals surface area contributed by atoms with Gasteiger partial charge < -0.3 is 11.5 Å². The monoisotopic (exact) mass is 190 g/mol. The summed E-state index contributed by atoms with van der Waals surface area (Å²) in [5.41, 5.74) is 11.8. The van der Waals surface area contributed by atoms with Crippen molar-refractivity contribution in [2.24, 2.45) is 12.8 Å². The summed E-state index contributed by atoms with van der Waals surface area (Å²) < 4.78 is 1.38. The Morgan fingerprint density at radius 1 is 1.58 bits per heavy atom.